The van der Waals surface area contributed by atoms with Gasteiger partial charge in [-0.15, -0.1) is 0 Å². The molecule has 3 aromatic rings. The molecule has 1 aliphatic heterocycles. The number of hydrogen-bond donors (Lipinski definition) is 1. The summed E-state index contributed by atoms with van der Waals surface area (Å²) >= 11 is 0. The van der Waals surface area contributed by atoms with Crippen molar-refractivity contribution in [2.45, 2.75) is 136 Å². The van der Waals surface area contributed by atoms with Crippen molar-refractivity contribution in [1.29, 1.82) is 0 Å². The van der Waals surface area contributed by atoms with Gasteiger partial charge >= 0.3 is 6.09 Å². The molecule has 5 aliphatic rings. The summed E-state index contributed by atoms with van der Waals surface area (Å²) in [6, 6.07) is 23.7. The summed E-state index contributed by atoms with van der Waals surface area (Å²) in [5.41, 5.74) is 5.49. The number of carbonyl (C=O) groups excluding carboxylic acids is 3. The largest absolute Gasteiger partial charge is 0.489 e. The molecule has 1 N–H and O–H groups in total. The summed E-state index contributed by atoms with van der Waals surface area (Å²) in [7, 11) is 0. The molecule has 3 fully saturated rings. The highest BCUT2D eigenvalue weighted by Crippen LogP contribution is 2.60. The van der Waals surface area contributed by atoms with E-state index in [2.05, 4.69) is 86.4 Å². The minimum absolute atomic E-state index is 0.0902. The van der Waals surface area contributed by atoms with Crippen molar-refractivity contribution in [3.63, 3.8) is 0 Å². The predicted octanol–water partition coefficient (Wildman–Crippen LogP) is 9.69. The lowest BCUT2D eigenvalue weighted by Gasteiger charge is -2.56. The Morgan fingerprint density at radius 1 is 0.707 bits per heavy atom. The summed E-state index contributed by atoms with van der Waals surface area (Å²) in [5.74, 6) is 0.924. The van der Waals surface area contributed by atoms with E-state index in [-0.39, 0.29) is 40.6 Å². The normalized spacial score (nSPS) is 30.5. The van der Waals surface area contributed by atoms with Gasteiger partial charge in [-0.05, 0) is 147 Å². The van der Waals surface area contributed by atoms with Crippen molar-refractivity contribution in [3.8, 4) is 5.75 Å². The van der Waals surface area contributed by atoms with Crippen LogP contribution in [0.5, 0.6) is 5.75 Å². The number of nitrogens with one attached hydrogen (secondary N) is 1. The van der Waals surface area contributed by atoms with E-state index in [9.17, 15) is 14.4 Å². The third-order valence-corrected chi connectivity index (χ3v) is 15.5. The molecule has 1 saturated heterocycles. The SMILES string of the molecule is CC(C)(C)OC(=O)N1CCN(c2ccc3c(c2)[C@@]2(C)CCC[C@](C)(C(=O)NC(=O)[C@@]4(C)CCC[C@]5(C)c6cc(OCc7ccccc7)ccc6CC[C@@H]45)[C@@H]2CC3)CC1. The van der Waals surface area contributed by atoms with Crippen molar-refractivity contribution < 1.29 is 23.9 Å². The monoisotopic (exact) mass is 787 g/mol. The first kappa shape index (κ1) is 40.4. The van der Waals surface area contributed by atoms with E-state index in [4.69, 9.17) is 9.47 Å². The first-order valence-electron chi connectivity index (χ1n) is 22.1. The van der Waals surface area contributed by atoms with E-state index in [1.165, 1.54) is 27.9 Å². The van der Waals surface area contributed by atoms with Gasteiger partial charge in [-0.2, -0.15) is 0 Å². The van der Waals surface area contributed by atoms with E-state index >= 15 is 0 Å². The number of amides is 3. The molecule has 3 aromatic carbocycles. The summed E-state index contributed by atoms with van der Waals surface area (Å²) in [4.78, 5) is 46.5. The van der Waals surface area contributed by atoms with Crippen LogP contribution in [0.2, 0.25) is 0 Å². The Kier molecular flexibility index (Phi) is 10.5. The minimum Gasteiger partial charge on any atom is -0.489 e. The number of piperazine rings is 1. The highest BCUT2D eigenvalue weighted by molar-refractivity contribution is 6.01. The molecule has 1 heterocycles. The summed E-state index contributed by atoms with van der Waals surface area (Å²) < 4.78 is 11.9. The van der Waals surface area contributed by atoms with Gasteiger partial charge in [0, 0.05) is 31.9 Å². The minimum atomic E-state index is -0.659. The van der Waals surface area contributed by atoms with E-state index in [0.717, 1.165) is 88.6 Å². The Morgan fingerprint density at radius 3 is 1.83 bits per heavy atom. The molecule has 58 heavy (non-hydrogen) atoms. The van der Waals surface area contributed by atoms with Crippen LogP contribution in [0, 0.1) is 22.7 Å². The molecule has 3 amide bonds. The van der Waals surface area contributed by atoms with E-state index in [1.807, 2.05) is 43.9 Å². The molecule has 8 nitrogen and oxygen atoms in total. The van der Waals surface area contributed by atoms with Crippen molar-refractivity contribution in [2.24, 2.45) is 22.7 Å². The quantitative estimate of drug-likeness (QED) is 0.251. The van der Waals surface area contributed by atoms with E-state index < -0.39 is 16.4 Å². The number of nitrogens with zero attached hydrogens (tertiary/aromatic N) is 2. The van der Waals surface area contributed by atoms with Crippen LogP contribution >= 0.6 is 0 Å². The number of carbonyl (C=O) groups is 3. The zero-order valence-corrected chi connectivity index (χ0v) is 36.0. The van der Waals surface area contributed by atoms with Gasteiger partial charge in [-0.25, -0.2) is 4.79 Å². The number of rotatable bonds is 6. The van der Waals surface area contributed by atoms with Gasteiger partial charge in [0.15, 0.2) is 0 Å². The summed E-state index contributed by atoms with van der Waals surface area (Å²) in [6.45, 7) is 18.0. The van der Waals surface area contributed by atoms with Gasteiger partial charge in [-0.1, -0.05) is 83.0 Å². The molecule has 8 rings (SSSR count). The second-order valence-electron chi connectivity index (χ2n) is 20.2. The number of hydrogen-bond acceptors (Lipinski definition) is 6. The number of imide groups is 1. The second kappa shape index (κ2) is 15.0. The molecule has 0 spiro atoms. The Balaban J connectivity index is 0.977. The Hall–Kier alpha value is -4.33. The second-order valence-corrected chi connectivity index (χ2v) is 20.2. The molecule has 4 aliphatic carbocycles. The highest BCUT2D eigenvalue weighted by Gasteiger charge is 2.58. The standard InChI is InChI=1S/C50H65N3O5/c1-46(2,3)58-45(56)53-29-27-52(28-30-53)37-19-15-35-17-21-41-47(4,39(35)31-37)23-11-25-49(41,6)43(54)51-44(55)50(7)26-12-24-48(5)40-32-38(20-16-36(40)18-22-42(48)50)57-33-34-13-9-8-10-14-34/h8-10,13-16,19-20,31-32,41-42H,11-12,17-18,21-30,33H2,1-7H3,(H,51,54,55)/t41-,42-,47-,48-,49+,50+/m1/s1. The van der Waals surface area contributed by atoms with Crippen molar-refractivity contribution in [3.05, 3.63) is 94.5 Å². The fraction of sp³-hybridized carbons (Fsp3) is 0.580. The zero-order valence-electron chi connectivity index (χ0n) is 36.0. The fourth-order valence-corrected chi connectivity index (χ4v) is 12.3. The zero-order chi connectivity index (χ0) is 41.1. The number of ether oxygens (including phenoxy) is 2. The predicted molar refractivity (Wildman–Crippen MR) is 229 cm³/mol. The molecule has 310 valence electrons. The highest BCUT2D eigenvalue weighted by atomic mass is 16.6. The Labute approximate surface area is 346 Å². The molecule has 0 radical (unpaired) electrons. The van der Waals surface area contributed by atoms with Gasteiger partial charge < -0.3 is 19.3 Å². The van der Waals surface area contributed by atoms with E-state index in [0.29, 0.717) is 19.7 Å². The number of anilines is 1. The topological polar surface area (TPSA) is 88.2 Å². The van der Waals surface area contributed by atoms with E-state index in [1.54, 1.807) is 0 Å². The lowest BCUT2D eigenvalue weighted by Crippen LogP contribution is -2.60. The Morgan fingerprint density at radius 2 is 1.26 bits per heavy atom. The van der Waals surface area contributed by atoms with Gasteiger partial charge in [0.2, 0.25) is 11.8 Å². The van der Waals surface area contributed by atoms with Crippen molar-refractivity contribution in [2.75, 3.05) is 31.1 Å². The Bertz CT molecular complexity index is 2050. The summed E-state index contributed by atoms with van der Waals surface area (Å²) in [5, 5.41) is 3.14. The molecule has 6 atom stereocenters. The molecule has 0 unspecified atom stereocenters. The smallest absolute Gasteiger partial charge is 0.410 e. The lowest BCUT2D eigenvalue weighted by molar-refractivity contribution is -0.150. The summed E-state index contributed by atoms with van der Waals surface area (Å²) in [6.07, 6.45) is 8.93. The van der Waals surface area contributed by atoms with Crippen LogP contribution in [-0.2, 0) is 44.6 Å². The molecule has 0 aromatic heterocycles. The van der Waals surface area contributed by atoms with Gasteiger partial charge in [0.1, 0.15) is 18.0 Å². The molecular weight excluding hydrogens is 723 g/mol. The molecular formula is C50H65N3O5. The van der Waals surface area contributed by atoms with Gasteiger partial charge in [0.05, 0.1) is 10.8 Å². The fourth-order valence-electron chi connectivity index (χ4n) is 12.3. The first-order valence-corrected chi connectivity index (χ1v) is 22.1. The third kappa shape index (κ3) is 7.21. The van der Waals surface area contributed by atoms with Crippen LogP contribution in [0.1, 0.15) is 128 Å². The van der Waals surface area contributed by atoms with Gasteiger partial charge in [0.25, 0.3) is 0 Å². The molecule has 0 bridgehead atoms. The first-order chi connectivity index (χ1) is 27.5. The maximum Gasteiger partial charge on any atom is 0.410 e. The molecule has 2 saturated carbocycles. The number of aryl methyl sites for hydroxylation is 2. The van der Waals surface area contributed by atoms with Crippen molar-refractivity contribution >= 4 is 23.6 Å². The molecule has 8 heteroatoms. The van der Waals surface area contributed by atoms with Crippen LogP contribution in [0.15, 0.2) is 66.7 Å². The van der Waals surface area contributed by atoms with Crippen LogP contribution in [0.3, 0.4) is 0 Å². The van der Waals surface area contributed by atoms with Crippen LogP contribution in [-0.4, -0.2) is 54.6 Å². The van der Waals surface area contributed by atoms with Crippen LogP contribution in [0.4, 0.5) is 10.5 Å². The van der Waals surface area contributed by atoms with Crippen LogP contribution < -0.4 is 15.0 Å². The lowest BCUT2D eigenvalue weighted by atomic mass is 9.49. The third-order valence-electron chi connectivity index (χ3n) is 15.5. The number of fused-ring (bicyclic) bond motifs is 6. The maximum atomic E-state index is 14.8. The van der Waals surface area contributed by atoms with Crippen LogP contribution in [0.25, 0.3) is 0 Å². The van der Waals surface area contributed by atoms with Crippen molar-refractivity contribution in [1.82, 2.24) is 10.2 Å². The maximum absolute atomic E-state index is 14.8. The van der Waals surface area contributed by atoms with Gasteiger partial charge in [-0.3, -0.25) is 14.9 Å². The average molecular weight is 788 g/mol. The number of benzene rings is 3. The average Bonchev–Trinajstić information content (AvgIpc) is 3.19.